The molecular weight excluding hydrogens is 315 g/mol. The molecule has 120 valence electrons. The number of benzene rings is 3. The van der Waals surface area contributed by atoms with E-state index >= 15 is 0 Å². The number of nitrogens with zero attached hydrogens (tertiary/aromatic N) is 2. The number of aromatic nitrogens is 1. The zero-order valence-corrected chi connectivity index (χ0v) is 13.2. The number of hydrogen-bond acceptors (Lipinski definition) is 2. The SMILES string of the molecule is N#Cc1cccc2cc(Oc3ccccc3F)n(-c3ccccc3)c12. The van der Waals surface area contributed by atoms with Crippen molar-refractivity contribution in [3.05, 3.63) is 90.2 Å². The minimum absolute atomic E-state index is 0.140. The molecule has 0 amide bonds. The van der Waals surface area contributed by atoms with Crippen LogP contribution in [0.25, 0.3) is 16.6 Å². The standard InChI is InChI=1S/C21H13FN2O/c22-18-11-4-5-12-19(18)25-20-13-15-7-6-8-16(14-23)21(15)24(20)17-9-2-1-3-10-17/h1-13H. The van der Waals surface area contributed by atoms with Crippen LogP contribution < -0.4 is 4.74 Å². The topological polar surface area (TPSA) is 37.9 Å². The summed E-state index contributed by atoms with van der Waals surface area (Å²) in [5, 5.41) is 10.3. The highest BCUT2D eigenvalue weighted by molar-refractivity contribution is 5.89. The van der Waals surface area contributed by atoms with Crippen LogP contribution in [0.2, 0.25) is 0 Å². The summed E-state index contributed by atoms with van der Waals surface area (Å²) >= 11 is 0. The predicted molar refractivity (Wildman–Crippen MR) is 94.5 cm³/mol. The molecule has 0 bridgehead atoms. The molecule has 0 unspecified atom stereocenters. The van der Waals surface area contributed by atoms with E-state index in [1.807, 2.05) is 53.1 Å². The Morgan fingerprint density at radius 3 is 2.40 bits per heavy atom. The van der Waals surface area contributed by atoms with Gasteiger partial charge in [0, 0.05) is 17.1 Å². The quantitative estimate of drug-likeness (QED) is 0.502. The number of fused-ring (bicyclic) bond motifs is 1. The first-order valence-corrected chi connectivity index (χ1v) is 7.80. The molecule has 3 nitrogen and oxygen atoms in total. The number of halogens is 1. The van der Waals surface area contributed by atoms with E-state index in [4.69, 9.17) is 4.74 Å². The molecule has 0 aliphatic heterocycles. The van der Waals surface area contributed by atoms with Crippen molar-refractivity contribution in [1.29, 1.82) is 5.26 Å². The van der Waals surface area contributed by atoms with Gasteiger partial charge in [0.15, 0.2) is 11.6 Å². The molecule has 1 aromatic heterocycles. The van der Waals surface area contributed by atoms with E-state index < -0.39 is 5.82 Å². The third-order valence-electron chi connectivity index (χ3n) is 3.98. The molecule has 0 saturated carbocycles. The van der Waals surface area contributed by atoms with Gasteiger partial charge in [-0.1, -0.05) is 42.5 Å². The first kappa shape index (κ1) is 15.0. The van der Waals surface area contributed by atoms with E-state index in [0.717, 1.165) is 16.6 Å². The summed E-state index contributed by atoms with van der Waals surface area (Å²) in [6, 6.07) is 25.3. The van der Waals surface area contributed by atoms with E-state index in [0.29, 0.717) is 11.4 Å². The monoisotopic (exact) mass is 328 g/mol. The maximum absolute atomic E-state index is 14.0. The van der Waals surface area contributed by atoms with Crippen molar-refractivity contribution < 1.29 is 9.13 Å². The highest BCUT2D eigenvalue weighted by Gasteiger charge is 2.16. The summed E-state index contributed by atoms with van der Waals surface area (Å²) < 4.78 is 21.7. The molecule has 0 atom stereocenters. The van der Waals surface area contributed by atoms with Gasteiger partial charge in [-0.2, -0.15) is 5.26 Å². The van der Waals surface area contributed by atoms with Crippen molar-refractivity contribution in [3.8, 4) is 23.4 Å². The van der Waals surface area contributed by atoms with Crippen LogP contribution in [0.4, 0.5) is 4.39 Å². The largest absolute Gasteiger partial charge is 0.437 e. The molecule has 0 spiro atoms. The summed E-state index contributed by atoms with van der Waals surface area (Å²) in [6.07, 6.45) is 0. The minimum atomic E-state index is -0.437. The van der Waals surface area contributed by atoms with Crippen LogP contribution in [0.3, 0.4) is 0 Å². The summed E-state index contributed by atoms with van der Waals surface area (Å²) in [6.45, 7) is 0. The van der Waals surface area contributed by atoms with Crippen molar-refractivity contribution >= 4 is 10.9 Å². The lowest BCUT2D eigenvalue weighted by Gasteiger charge is -2.12. The van der Waals surface area contributed by atoms with Crippen LogP contribution in [-0.2, 0) is 0 Å². The van der Waals surface area contributed by atoms with Crippen molar-refractivity contribution in [2.24, 2.45) is 0 Å². The molecule has 0 aliphatic rings. The summed E-state index contributed by atoms with van der Waals surface area (Å²) in [4.78, 5) is 0. The molecule has 0 fully saturated rings. The average molecular weight is 328 g/mol. The van der Waals surface area contributed by atoms with Gasteiger partial charge in [0.25, 0.3) is 0 Å². The third kappa shape index (κ3) is 2.62. The van der Waals surface area contributed by atoms with Crippen molar-refractivity contribution in [2.75, 3.05) is 0 Å². The zero-order valence-electron chi connectivity index (χ0n) is 13.2. The van der Waals surface area contributed by atoms with Gasteiger partial charge in [0.05, 0.1) is 11.1 Å². The van der Waals surface area contributed by atoms with Gasteiger partial charge in [-0.05, 0) is 30.3 Å². The average Bonchev–Trinajstić information content (AvgIpc) is 3.02. The highest BCUT2D eigenvalue weighted by Crippen LogP contribution is 2.34. The Labute approximate surface area is 144 Å². The lowest BCUT2D eigenvalue weighted by Crippen LogP contribution is -1.99. The second-order valence-electron chi connectivity index (χ2n) is 5.54. The number of rotatable bonds is 3. The van der Waals surface area contributed by atoms with Gasteiger partial charge in [0.1, 0.15) is 6.07 Å². The lowest BCUT2D eigenvalue weighted by atomic mass is 10.1. The van der Waals surface area contributed by atoms with Gasteiger partial charge < -0.3 is 4.74 Å². The Morgan fingerprint density at radius 2 is 1.64 bits per heavy atom. The molecule has 3 aromatic carbocycles. The second kappa shape index (κ2) is 6.14. The van der Waals surface area contributed by atoms with E-state index in [1.54, 1.807) is 24.3 Å². The molecule has 25 heavy (non-hydrogen) atoms. The molecule has 0 radical (unpaired) electrons. The molecule has 4 rings (SSSR count). The van der Waals surface area contributed by atoms with Crippen molar-refractivity contribution in [3.63, 3.8) is 0 Å². The molecule has 4 aromatic rings. The Kier molecular flexibility index (Phi) is 3.68. The van der Waals surface area contributed by atoms with Crippen molar-refractivity contribution in [2.45, 2.75) is 0 Å². The number of nitriles is 1. The normalized spacial score (nSPS) is 10.6. The fraction of sp³-hybridized carbons (Fsp3) is 0. The minimum Gasteiger partial charge on any atom is -0.437 e. The van der Waals surface area contributed by atoms with Crippen LogP contribution in [0.15, 0.2) is 78.9 Å². The van der Waals surface area contributed by atoms with E-state index in [9.17, 15) is 9.65 Å². The maximum Gasteiger partial charge on any atom is 0.205 e. The smallest absolute Gasteiger partial charge is 0.205 e. The van der Waals surface area contributed by atoms with Gasteiger partial charge in [-0.3, -0.25) is 4.57 Å². The fourth-order valence-corrected chi connectivity index (χ4v) is 2.87. The number of hydrogen-bond donors (Lipinski definition) is 0. The lowest BCUT2D eigenvalue weighted by molar-refractivity contribution is 0.422. The Morgan fingerprint density at radius 1 is 0.880 bits per heavy atom. The Bertz CT molecular complexity index is 1090. The summed E-state index contributed by atoms with van der Waals surface area (Å²) in [5.74, 6) is 0.155. The van der Waals surface area contributed by atoms with Crippen molar-refractivity contribution in [1.82, 2.24) is 4.57 Å². The molecular formula is C21H13FN2O. The van der Waals surface area contributed by atoms with Crippen LogP contribution in [0.5, 0.6) is 11.6 Å². The van der Waals surface area contributed by atoms with Crippen LogP contribution in [0.1, 0.15) is 5.56 Å². The van der Waals surface area contributed by atoms with Crippen LogP contribution >= 0.6 is 0 Å². The Hall–Kier alpha value is -3.58. The number of ether oxygens (including phenoxy) is 1. The van der Waals surface area contributed by atoms with E-state index in [1.165, 1.54) is 6.07 Å². The fourth-order valence-electron chi connectivity index (χ4n) is 2.87. The Balaban J connectivity index is 1.98. The number of para-hydroxylation sites is 3. The van der Waals surface area contributed by atoms with E-state index in [-0.39, 0.29) is 5.75 Å². The molecule has 0 aliphatic carbocycles. The summed E-state index contributed by atoms with van der Waals surface area (Å²) in [5.41, 5.74) is 2.11. The van der Waals surface area contributed by atoms with Gasteiger partial charge in [-0.25, -0.2) is 4.39 Å². The maximum atomic E-state index is 14.0. The van der Waals surface area contributed by atoms with E-state index in [2.05, 4.69) is 6.07 Å². The van der Waals surface area contributed by atoms with Gasteiger partial charge in [-0.15, -0.1) is 0 Å². The first-order valence-electron chi connectivity index (χ1n) is 7.80. The molecule has 0 saturated heterocycles. The van der Waals surface area contributed by atoms with Crippen LogP contribution in [0, 0.1) is 17.1 Å². The van der Waals surface area contributed by atoms with Gasteiger partial charge in [0.2, 0.25) is 5.88 Å². The first-order chi connectivity index (χ1) is 12.3. The molecule has 4 heteroatoms. The highest BCUT2D eigenvalue weighted by atomic mass is 19.1. The third-order valence-corrected chi connectivity index (χ3v) is 3.98. The summed E-state index contributed by atoms with van der Waals surface area (Å²) in [7, 11) is 0. The predicted octanol–water partition coefficient (Wildman–Crippen LogP) is 5.43. The van der Waals surface area contributed by atoms with Gasteiger partial charge >= 0.3 is 0 Å². The molecule has 1 heterocycles. The second-order valence-corrected chi connectivity index (χ2v) is 5.54. The molecule has 0 N–H and O–H groups in total. The zero-order chi connectivity index (χ0) is 17.2. The van der Waals surface area contributed by atoms with Crippen LogP contribution in [-0.4, -0.2) is 4.57 Å².